The summed E-state index contributed by atoms with van der Waals surface area (Å²) in [6, 6.07) is 10.1. The number of aryl methyl sites for hydroxylation is 1. The number of nitrogens with zero attached hydrogens (tertiary/aromatic N) is 5. The van der Waals surface area contributed by atoms with Crippen molar-refractivity contribution in [2.45, 2.75) is 57.1 Å². The van der Waals surface area contributed by atoms with E-state index in [-0.39, 0.29) is 12.1 Å². The van der Waals surface area contributed by atoms with Crippen LogP contribution in [0.15, 0.2) is 42.5 Å². The normalized spacial score (nSPS) is 21.2. The molecule has 1 unspecified atom stereocenters. The molecule has 2 fully saturated rings. The Balaban J connectivity index is 1.28. The summed E-state index contributed by atoms with van der Waals surface area (Å²) in [4.78, 5) is 16.4. The number of amides is 2. The average Bonchev–Trinajstić information content (AvgIpc) is 3.22. The van der Waals surface area contributed by atoms with E-state index in [4.69, 9.17) is 0 Å². The number of benzene rings is 1. The maximum atomic E-state index is 12.7. The van der Waals surface area contributed by atoms with Gasteiger partial charge in [-0.2, -0.15) is 0 Å². The van der Waals surface area contributed by atoms with Gasteiger partial charge in [0.25, 0.3) is 0 Å². The van der Waals surface area contributed by atoms with Gasteiger partial charge in [-0.05, 0) is 53.5 Å². The predicted molar refractivity (Wildman–Crippen MR) is 117 cm³/mol. The van der Waals surface area contributed by atoms with Crippen molar-refractivity contribution < 1.29 is 9.90 Å². The van der Waals surface area contributed by atoms with Crippen molar-refractivity contribution in [1.29, 1.82) is 0 Å². The zero-order valence-electron chi connectivity index (χ0n) is 18.2. The minimum Gasteiger partial charge on any atom is -0.389 e. The number of aromatic nitrogens is 4. The van der Waals surface area contributed by atoms with Gasteiger partial charge in [-0.25, -0.2) is 9.89 Å². The minimum atomic E-state index is -0.550. The summed E-state index contributed by atoms with van der Waals surface area (Å²) in [5.41, 5.74) is 1.46. The van der Waals surface area contributed by atoms with E-state index >= 15 is 0 Å². The zero-order valence-corrected chi connectivity index (χ0v) is 18.2. The number of hydrogen-bond acceptors (Lipinski definition) is 5. The van der Waals surface area contributed by atoms with Gasteiger partial charge in [-0.1, -0.05) is 42.5 Å². The summed E-state index contributed by atoms with van der Waals surface area (Å²) in [5, 5.41) is 24.4. The predicted octanol–water partition coefficient (Wildman–Crippen LogP) is 2.59. The first-order valence-corrected chi connectivity index (χ1v) is 11.2. The van der Waals surface area contributed by atoms with Crippen molar-refractivity contribution in [1.82, 2.24) is 30.4 Å². The van der Waals surface area contributed by atoms with Crippen molar-refractivity contribution >= 4 is 6.03 Å². The maximum absolute atomic E-state index is 12.7. The van der Waals surface area contributed by atoms with Gasteiger partial charge in [0.15, 0.2) is 0 Å². The van der Waals surface area contributed by atoms with Crippen LogP contribution in [0.25, 0.3) is 0 Å². The highest BCUT2D eigenvalue weighted by Crippen LogP contribution is 2.53. The molecule has 8 nitrogen and oxygen atoms in total. The van der Waals surface area contributed by atoms with E-state index in [1.807, 2.05) is 54.4 Å². The molecule has 1 aromatic heterocycles. The Morgan fingerprint density at radius 1 is 1.29 bits per heavy atom. The number of aliphatic hydroxyl groups is 1. The summed E-state index contributed by atoms with van der Waals surface area (Å²) >= 11 is 0. The number of H-pyrrole nitrogens is 1. The Bertz CT molecular complexity index is 865. The highest BCUT2D eigenvalue weighted by atomic mass is 16.3. The number of carbonyl (C=O) groups excluding carboxylic acids is 1. The number of aliphatic hydroxyl groups excluding tert-OH is 1. The van der Waals surface area contributed by atoms with Crippen LogP contribution in [0.5, 0.6) is 0 Å². The van der Waals surface area contributed by atoms with Crippen LogP contribution >= 0.6 is 0 Å². The van der Waals surface area contributed by atoms with Gasteiger partial charge in [-0.15, -0.1) is 5.10 Å². The molecule has 0 spiro atoms. The van der Waals surface area contributed by atoms with Crippen LogP contribution in [0, 0.1) is 5.41 Å². The lowest BCUT2D eigenvalue weighted by atomic mass is 9.94. The van der Waals surface area contributed by atoms with Crippen molar-refractivity contribution in [3.8, 4) is 0 Å². The van der Waals surface area contributed by atoms with E-state index in [1.165, 1.54) is 12.8 Å². The summed E-state index contributed by atoms with van der Waals surface area (Å²) < 4.78 is 0. The molecule has 2 aromatic rings. The fourth-order valence-corrected chi connectivity index (χ4v) is 4.50. The molecule has 8 heteroatoms. The van der Waals surface area contributed by atoms with Crippen LogP contribution in [0.4, 0.5) is 4.79 Å². The number of likely N-dealkylation sites (N-methyl/N-ethyl adjacent to an activating group) is 1. The van der Waals surface area contributed by atoms with Crippen LogP contribution in [-0.2, 0) is 12.8 Å². The summed E-state index contributed by atoms with van der Waals surface area (Å²) in [7, 11) is 1.85. The van der Waals surface area contributed by atoms with Crippen LogP contribution in [0.3, 0.4) is 0 Å². The zero-order chi connectivity index (χ0) is 21.7. The molecule has 166 valence electrons. The molecule has 1 aromatic carbocycles. The molecule has 4 rings (SSSR count). The Hall–Kier alpha value is -2.74. The summed E-state index contributed by atoms with van der Waals surface area (Å²) in [6.07, 6.45) is 10.4. The smallest absolute Gasteiger partial charge is 0.320 e. The third-order valence-electron chi connectivity index (χ3n) is 6.63. The number of tetrazole rings is 1. The molecule has 2 N–H and O–H groups in total. The van der Waals surface area contributed by atoms with Crippen molar-refractivity contribution in [2.75, 3.05) is 20.1 Å². The number of nitrogens with one attached hydrogen (secondary N) is 1. The molecule has 1 saturated carbocycles. The Labute approximate surface area is 183 Å². The fraction of sp³-hybridized carbons (Fsp3) is 0.565. The molecule has 2 heterocycles. The molecular formula is C23H32N6O2. The van der Waals surface area contributed by atoms with Gasteiger partial charge >= 0.3 is 6.03 Å². The molecule has 0 radical (unpaired) electrons. The van der Waals surface area contributed by atoms with E-state index in [1.54, 1.807) is 4.90 Å². The van der Waals surface area contributed by atoms with Gasteiger partial charge in [0.1, 0.15) is 5.82 Å². The van der Waals surface area contributed by atoms with E-state index < -0.39 is 6.10 Å². The Kier molecular flexibility index (Phi) is 6.65. The molecule has 31 heavy (non-hydrogen) atoms. The van der Waals surface area contributed by atoms with E-state index in [0.717, 1.165) is 43.6 Å². The molecule has 1 saturated heterocycles. The second-order valence-electron chi connectivity index (χ2n) is 9.02. The highest BCUT2D eigenvalue weighted by molar-refractivity contribution is 5.77. The van der Waals surface area contributed by atoms with E-state index in [2.05, 4.69) is 20.6 Å². The average molecular weight is 425 g/mol. The number of rotatable bonds is 11. The molecule has 2 aliphatic rings. The van der Waals surface area contributed by atoms with Crippen molar-refractivity contribution in [3.05, 3.63) is 53.9 Å². The summed E-state index contributed by atoms with van der Waals surface area (Å²) in [6.45, 7) is 1.43. The molecule has 2 amide bonds. The Morgan fingerprint density at radius 2 is 2.10 bits per heavy atom. The van der Waals surface area contributed by atoms with Crippen molar-refractivity contribution in [3.63, 3.8) is 0 Å². The summed E-state index contributed by atoms with van der Waals surface area (Å²) in [5.74, 6) is 0.839. The third kappa shape index (κ3) is 5.70. The molecule has 1 aliphatic carbocycles. The first-order chi connectivity index (χ1) is 15.0. The highest BCUT2D eigenvalue weighted by Gasteiger charge is 2.43. The Morgan fingerprint density at radius 3 is 2.81 bits per heavy atom. The van der Waals surface area contributed by atoms with Crippen LogP contribution in [-0.4, -0.2) is 73.8 Å². The van der Waals surface area contributed by atoms with E-state index in [0.29, 0.717) is 18.4 Å². The topological polar surface area (TPSA) is 98.2 Å². The number of aromatic amines is 1. The van der Waals surface area contributed by atoms with E-state index in [9.17, 15) is 9.90 Å². The first-order valence-electron chi connectivity index (χ1n) is 11.2. The van der Waals surface area contributed by atoms with Crippen LogP contribution < -0.4 is 0 Å². The van der Waals surface area contributed by atoms with Crippen molar-refractivity contribution in [2.24, 2.45) is 5.41 Å². The fourth-order valence-electron chi connectivity index (χ4n) is 4.50. The maximum Gasteiger partial charge on any atom is 0.320 e. The quantitative estimate of drug-likeness (QED) is 0.540. The van der Waals surface area contributed by atoms with Gasteiger partial charge in [0, 0.05) is 33.0 Å². The monoisotopic (exact) mass is 424 g/mol. The standard InChI is InChI=1S/C23H32N6O2/c1-28-17-19(9-10-20(30)16-18-6-3-2-4-7-18)29(22(28)31)15-14-23(12-13-23)11-5-8-21-24-26-27-25-21/h2-4,6-7,9-10,19-20,30H,5,8,11-17H2,1H3,(H,24,25,26,27)/t19-,20?/m0/s1. The lowest BCUT2D eigenvalue weighted by Crippen LogP contribution is -2.35. The second-order valence-corrected chi connectivity index (χ2v) is 9.02. The van der Waals surface area contributed by atoms with Gasteiger partial charge in [0.2, 0.25) is 0 Å². The number of carbonyl (C=O) groups is 1. The largest absolute Gasteiger partial charge is 0.389 e. The van der Waals surface area contributed by atoms with Crippen LogP contribution in [0.2, 0.25) is 0 Å². The molecule has 1 aliphatic heterocycles. The lowest BCUT2D eigenvalue weighted by Gasteiger charge is -2.24. The number of urea groups is 1. The van der Waals surface area contributed by atoms with Crippen LogP contribution in [0.1, 0.15) is 43.5 Å². The lowest BCUT2D eigenvalue weighted by molar-refractivity contribution is 0.189. The van der Waals surface area contributed by atoms with Gasteiger partial charge in [0.05, 0.1) is 12.1 Å². The first kappa shape index (κ1) is 21.5. The van der Waals surface area contributed by atoms with Gasteiger partial charge < -0.3 is 14.9 Å². The molecule has 2 atom stereocenters. The van der Waals surface area contributed by atoms with Gasteiger partial charge in [-0.3, -0.25) is 0 Å². The minimum absolute atomic E-state index is 0.0130. The molecule has 0 bridgehead atoms. The number of hydrogen-bond donors (Lipinski definition) is 2. The SMILES string of the molecule is CN1C[C@H](C=CC(O)Cc2ccccc2)N(CCC2(CCCc3nnn[nH]3)CC2)C1=O. The third-order valence-corrected chi connectivity index (χ3v) is 6.63. The molecular weight excluding hydrogens is 392 g/mol. The second kappa shape index (κ2) is 9.60.